The molecule has 6 nitrogen and oxygen atoms in total. The molecule has 1 aromatic carbocycles. The highest BCUT2D eigenvalue weighted by molar-refractivity contribution is 6.38. The zero-order valence-electron chi connectivity index (χ0n) is 11.4. The number of amides is 2. The summed E-state index contributed by atoms with van der Waals surface area (Å²) in [5, 5.41) is 6.87. The zero-order chi connectivity index (χ0) is 15.7. The number of halogens is 2. The fourth-order valence-electron chi connectivity index (χ4n) is 1.34. The molecule has 2 N–H and O–H groups in total. The highest BCUT2D eigenvalue weighted by atomic mass is 35.5. The Morgan fingerprint density at radius 2 is 1.95 bits per heavy atom. The first-order valence-electron chi connectivity index (χ1n) is 6.10. The number of ether oxygens (including phenoxy) is 1. The van der Waals surface area contributed by atoms with Gasteiger partial charge in [0.25, 0.3) is 0 Å². The fraction of sp³-hybridized carbons (Fsp3) is 0.308. The van der Waals surface area contributed by atoms with Crippen LogP contribution < -0.4 is 10.7 Å². The van der Waals surface area contributed by atoms with Gasteiger partial charge in [0.15, 0.2) is 0 Å². The van der Waals surface area contributed by atoms with Crippen LogP contribution in [0.2, 0.25) is 10.0 Å². The van der Waals surface area contributed by atoms with Gasteiger partial charge in [0.1, 0.15) is 0 Å². The maximum absolute atomic E-state index is 11.4. The summed E-state index contributed by atoms with van der Waals surface area (Å²) in [5.74, 6) is -1.64. The van der Waals surface area contributed by atoms with Crippen LogP contribution in [0.4, 0.5) is 0 Å². The number of hydrogen-bond acceptors (Lipinski definition) is 4. The number of rotatable bonds is 6. The van der Waals surface area contributed by atoms with Gasteiger partial charge in [-0.3, -0.25) is 9.59 Å². The number of carbonyl (C=O) groups is 2. The molecule has 0 bridgehead atoms. The van der Waals surface area contributed by atoms with Gasteiger partial charge in [0.05, 0.1) is 16.3 Å². The molecule has 0 aliphatic rings. The van der Waals surface area contributed by atoms with Gasteiger partial charge in [-0.25, -0.2) is 5.43 Å². The fourth-order valence-corrected chi connectivity index (χ4v) is 1.83. The van der Waals surface area contributed by atoms with E-state index in [-0.39, 0.29) is 0 Å². The molecule has 0 fully saturated rings. The lowest BCUT2D eigenvalue weighted by molar-refractivity contribution is -0.139. The molecular formula is C13H15Cl2N3O3. The summed E-state index contributed by atoms with van der Waals surface area (Å²) in [5.41, 5.74) is 2.56. The molecule has 1 aromatic rings. The third kappa shape index (κ3) is 6.12. The molecule has 0 atom stereocenters. The van der Waals surface area contributed by atoms with Gasteiger partial charge in [0.2, 0.25) is 0 Å². The maximum atomic E-state index is 11.4. The molecule has 114 valence electrons. The van der Waals surface area contributed by atoms with Gasteiger partial charge in [-0.15, -0.1) is 0 Å². The van der Waals surface area contributed by atoms with E-state index in [2.05, 4.69) is 15.8 Å². The lowest BCUT2D eigenvalue weighted by atomic mass is 10.2. The Morgan fingerprint density at radius 3 is 2.57 bits per heavy atom. The minimum absolute atomic E-state index is 0.347. The van der Waals surface area contributed by atoms with Crippen molar-refractivity contribution < 1.29 is 14.3 Å². The molecule has 0 aromatic heterocycles. The Kier molecular flexibility index (Phi) is 7.74. The smallest absolute Gasteiger partial charge is 0.329 e. The molecule has 0 unspecified atom stereocenters. The average molecular weight is 332 g/mol. The third-order valence-corrected chi connectivity index (χ3v) is 3.04. The van der Waals surface area contributed by atoms with Gasteiger partial charge in [-0.05, 0) is 18.6 Å². The van der Waals surface area contributed by atoms with Crippen LogP contribution >= 0.6 is 23.2 Å². The Hall–Kier alpha value is -1.63. The number of benzene rings is 1. The first-order chi connectivity index (χ1) is 10.1. The number of nitrogens with zero attached hydrogens (tertiary/aromatic N) is 1. The SMILES string of the molecule is COCCCNC(=O)C(=O)N/N=C\c1c(Cl)cccc1Cl. The van der Waals surface area contributed by atoms with E-state index in [0.717, 1.165) is 0 Å². The van der Waals surface area contributed by atoms with Crippen molar-refractivity contribution in [3.05, 3.63) is 33.8 Å². The van der Waals surface area contributed by atoms with Crippen LogP contribution in [0.5, 0.6) is 0 Å². The molecule has 0 radical (unpaired) electrons. The quantitative estimate of drug-likeness (QED) is 0.359. The van der Waals surface area contributed by atoms with Gasteiger partial charge in [0, 0.05) is 25.8 Å². The van der Waals surface area contributed by atoms with Crippen LogP contribution in [0.15, 0.2) is 23.3 Å². The summed E-state index contributed by atoms with van der Waals surface area (Å²) >= 11 is 11.9. The summed E-state index contributed by atoms with van der Waals surface area (Å²) in [4.78, 5) is 22.8. The van der Waals surface area contributed by atoms with E-state index >= 15 is 0 Å². The third-order valence-electron chi connectivity index (χ3n) is 2.38. The zero-order valence-corrected chi connectivity index (χ0v) is 12.9. The first-order valence-corrected chi connectivity index (χ1v) is 6.86. The van der Waals surface area contributed by atoms with Crippen LogP contribution in [0.3, 0.4) is 0 Å². The van der Waals surface area contributed by atoms with Gasteiger partial charge in [-0.1, -0.05) is 29.3 Å². The molecule has 0 aliphatic carbocycles. The molecule has 21 heavy (non-hydrogen) atoms. The van der Waals surface area contributed by atoms with Crippen molar-refractivity contribution in [1.29, 1.82) is 0 Å². The minimum Gasteiger partial charge on any atom is -0.385 e. The highest BCUT2D eigenvalue weighted by Crippen LogP contribution is 2.21. The number of methoxy groups -OCH3 is 1. The lowest BCUT2D eigenvalue weighted by Gasteiger charge is -2.03. The molecule has 0 spiro atoms. The Labute approximate surface area is 132 Å². The predicted octanol–water partition coefficient (Wildman–Crippen LogP) is 1.60. The van der Waals surface area contributed by atoms with E-state index in [0.29, 0.717) is 35.2 Å². The number of hydrazone groups is 1. The Morgan fingerprint density at radius 1 is 1.29 bits per heavy atom. The summed E-state index contributed by atoms with van der Waals surface area (Å²) in [6, 6.07) is 4.96. The standard InChI is InChI=1S/C13H15Cl2N3O3/c1-21-7-3-6-16-12(19)13(20)18-17-8-9-10(14)4-2-5-11(9)15/h2,4-5,8H,3,6-7H2,1H3,(H,16,19)(H,18,20)/b17-8-. The van der Waals surface area contributed by atoms with E-state index in [1.54, 1.807) is 25.3 Å². The molecule has 0 saturated heterocycles. The minimum atomic E-state index is -0.869. The molecule has 8 heteroatoms. The second-order valence-corrected chi connectivity index (χ2v) is 4.75. The molecule has 0 heterocycles. The van der Waals surface area contributed by atoms with Crippen molar-refractivity contribution in [2.24, 2.45) is 5.10 Å². The average Bonchev–Trinajstić information content (AvgIpc) is 2.46. The Bertz CT molecular complexity index is 515. The van der Waals surface area contributed by atoms with Crippen LogP contribution in [-0.4, -0.2) is 38.3 Å². The van der Waals surface area contributed by atoms with Crippen molar-refractivity contribution in [1.82, 2.24) is 10.7 Å². The summed E-state index contributed by atoms with van der Waals surface area (Å²) in [6.07, 6.45) is 1.90. The Balaban J connectivity index is 2.45. The maximum Gasteiger partial charge on any atom is 0.329 e. The number of carbonyl (C=O) groups excluding carboxylic acids is 2. The summed E-state index contributed by atoms with van der Waals surface area (Å²) in [7, 11) is 1.56. The predicted molar refractivity (Wildman–Crippen MR) is 81.7 cm³/mol. The lowest BCUT2D eigenvalue weighted by Crippen LogP contribution is -2.38. The van der Waals surface area contributed by atoms with Crippen molar-refractivity contribution in [2.45, 2.75) is 6.42 Å². The topological polar surface area (TPSA) is 79.8 Å². The van der Waals surface area contributed by atoms with Crippen LogP contribution in [0, 0.1) is 0 Å². The summed E-state index contributed by atoms with van der Waals surface area (Å²) < 4.78 is 4.82. The van der Waals surface area contributed by atoms with Gasteiger partial charge >= 0.3 is 11.8 Å². The van der Waals surface area contributed by atoms with Crippen molar-refractivity contribution in [3.63, 3.8) is 0 Å². The van der Waals surface area contributed by atoms with Crippen molar-refractivity contribution in [2.75, 3.05) is 20.3 Å². The van der Waals surface area contributed by atoms with E-state index in [1.165, 1.54) is 6.21 Å². The van der Waals surface area contributed by atoms with E-state index in [1.807, 2.05) is 0 Å². The second kappa shape index (κ2) is 9.33. The van der Waals surface area contributed by atoms with E-state index < -0.39 is 11.8 Å². The second-order valence-electron chi connectivity index (χ2n) is 3.94. The first kappa shape index (κ1) is 17.4. The number of hydrogen-bond donors (Lipinski definition) is 2. The highest BCUT2D eigenvalue weighted by Gasteiger charge is 2.11. The largest absolute Gasteiger partial charge is 0.385 e. The summed E-state index contributed by atoms with van der Waals surface area (Å²) in [6.45, 7) is 0.852. The van der Waals surface area contributed by atoms with E-state index in [9.17, 15) is 9.59 Å². The van der Waals surface area contributed by atoms with Crippen LogP contribution in [0.1, 0.15) is 12.0 Å². The van der Waals surface area contributed by atoms with E-state index in [4.69, 9.17) is 27.9 Å². The molecule has 0 saturated carbocycles. The monoisotopic (exact) mass is 331 g/mol. The molecule has 1 rings (SSSR count). The van der Waals surface area contributed by atoms with Crippen LogP contribution in [-0.2, 0) is 14.3 Å². The van der Waals surface area contributed by atoms with Crippen molar-refractivity contribution in [3.8, 4) is 0 Å². The van der Waals surface area contributed by atoms with Crippen molar-refractivity contribution >= 4 is 41.2 Å². The number of nitrogens with one attached hydrogen (secondary N) is 2. The molecule has 2 amide bonds. The normalized spacial score (nSPS) is 10.6. The van der Waals surface area contributed by atoms with Gasteiger partial charge < -0.3 is 10.1 Å². The van der Waals surface area contributed by atoms with Crippen LogP contribution in [0.25, 0.3) is 0 Å². The molecule has 0 aliphatic heterocycles. The van der Waals surface area contributed by atoms with Gasteiger partial charge in [-0.2, -0.15) is 5.10 Å². The molecular weight excluding hydrogens is 317 g/mol.